The lowest BCUT2D eigenvalue weighted by Gasteiger charge is -2.20. The van der Waals surface area contributed by atoms with Gasteiger partial charge < -0.3 is 9.80 Å². The monoisotopic (exact) mass is 297 g/mol. The number of amides is 1. The molecule has 0 saturated carbocycles. The van der Waals surface area contributed by atoms with Crippen molar-refractivity contribution in [2.24, 2.45) is 0 Å². The number of aromatic nitrogens is 3. The van der Waals surface area contributed by atoms with Crippen LogP contribution in [0.2, 0.25) is 0 Å². The van der Waals surface area contributed by atoms with E-state index in [-0.39, 0.29) is 5.91 Å². The number of rotatable bonds is 2. The highest BCUT2D eigenvalue weighted by atomic mass is 16.2. The molecule has 6 nitrogen and oxygen atoms in total. The fourth-order valence-corrected chi connectivity index (χ4v) is 2.56. The van der Waals surface area contributed by atoms with E-state index in [1.165, 1.54) is 6.33 Å². The van der Waals surface area contributed by atoms with Gasteiger partial charge in [0.15, 0.2) is 0 Å². The first kappa shape index (κ1) is 14.6. The molecular weight excluding hydrogens is 278 g/mol. The van der Waals surface area contributed by atoms with Gasteiger partial charge in [-0.1, -0.05) is 6.07 Å². The van der Waals surface area contributed by atoms with E-state index in [0.717, 1.165) is 43.9 Å². The average molecular weight is 297 g/mol. The number of carbonyl (C=O) groups excluding carboxylic acids is 1. The smallest absolute Gasteiger partial charge is 0.272 e. The Labute approximate surface area is 129 Å². The topological polar surface area (TPSA) is 62.2 Å². The van der Waals surface area contributed by atoms with E-state index < -0.39 is 0 Å². The first-order chi connectivity index (χ1) is 10.7. The number of likely N-dealkylation sites (N-methyl/N-ethyl adjacent to an activating group) is 1. The van der Waals surface area contributed by atoms with Crippen molar-refractivity contribution in [2.45, 2.75) is 6.42 Å². The van der Waals surface area contributed by atoms with Crippen LogP contribution in [0.25, 0.3) is 11.3 Å². The number of hydrogen-bond acceptors (Lipinski definition) is 5. The molecule has 3 rings (SSSR count). The Balaban J connectivity index is 1.81. The Hall–Kier alpha value is -2.34. The van der Waals surface area contributed by atoms with Crippen molar-refractivity contribution in [2.75, 3.05) is 33.2 Å². The van der Waals surface area contributed by atoms with Crippen LogP contribution in [0.5, 0.6) is 0 Å². The van der Waals surface area contributed by atoms with Crippen molar-refractivity contribution in [1.82, 2.24) is 24.8 Å². The predicted molar refractivity (Wildman–Crippen MR) is 83.3 cm³/mol. The summed E-state index contributed by atoms with van der Waals surface area (Å²) in [5.74, 6) is -0.00556. The average Bonchev–Trinajstić information content (AvgIpc) is 2.80. The highest BCUT2D eigenvalue weighted by molar-refractivity contribution is 5.92. The second-order valence-corrected chi connectivity index (χ2v) is 5.48. The van der Waals surface area contributed by atoms with Crippen molar-refractivity contribution < 1.29 is 4.79 Å². The summed E-state index contributed by atoms with van der Waals surface area (Å²) in [5.41, 5.74) is 2.01. The number of hydrogen-bond donors (Lipinski definition) is 0. The minimum Gasteiger partial charge on any atom is -0.336 e. The van der Waals surface area contributed by atoms with E-state index in [0.29, 0.717) is 5.69 Å². The van der Waals surface area contributed by atoms with Gasteiger partial charge in [0.1, 0.15) is 12.0 Å². The van der Waals surface area contributed by atoms with Crippen LogP contribution < -0.4 is 0 Å². The summed E-state index contributed by atoms with van der Waals surface area (Å²) < 4.78 is 0. The standard InChI is InChI=1S/C16H19N5O/c1-20-6-3-7-21(9-8-20)16(22)15-5-2-4-14(19-15)13-10-17-12-18-11-13/h2,4-5,10-12H,3,6-9H2,1H3. The van der Waals surface area contributed by atoms with Gasteiger partial charge in [-0.15, -0.1) is 0 Å². The summed E-state index contributed by atoms with van der Waals surface area (Å²) in [7, 11) is 2.09. The molecule has 0 unspecified atom stereocenters. The first-order valence-corrected chi connectivity index (χ1v) is 7.44. The minimum atomic E-state index is -0.00556. The van der Waals surface area contributed by atoms with E-state index in [2.05, 4.69) is 26.9 Å². The van der Waals surface area contributed by atoms with Crippen LogP contribution in [0.15, 0.2) is 36.9 Å². The van der Waals surface area contributed by atoms with Crippen molar-refractivity contribution in [3.05, 3.63) is 42.6 Å². The van der Waals surface area contributed by atoms with Gasteiger partial charge in [0.05, 0.1) is 5.69 Å². The zero-order chi connectivity index (χ0) is 15.4. The van der Waals surface area contributed by atoms with Crippen LogP contribution in [0.4, 0.5) is 0 Å². The Morgan fingerprint density at radius 3 is 2.73 bits per heavy atom. The molecule has 114 valence electrons. The van der Waals surface area contributed by atoms with E-state index in [4.69, 9.17) is 0 Å². The zero-order valence-electron chi connectivity index (χ0n) is 12.6. The molecule has 2 aromatic heterocycles. The first-order valence-electron chi connectivity index (χ1n) is 7.44. The van der Waals surface area contributed by atoms with Crippen LogP contribution in [-0.2, 0) is 0 Å². The van der Waals surface area contributed by atoms with Crippen LogP contribution in [0.1, 0.15) is 16.9 Å². The molecule has 1 saturated heterocycles. The number of pyridine rings is 1. The summed E-state index contributed by atoms with van der Waals surface area (Å²) in [6.45, 7) is 3.45. The largest absolute Gasteiger partial charge is 0.336 e. The zero-order valence-corrected chi connectivity index (χ0v) is 12.6. The lowest BCUT2D eigenvalue weighted by Crippen LogP contribution is -2.35. The Morgan fingerprint density at radius 2 is 1.91 bits per heavy atom. The van der Waals surface area contributed by atoms with Gasteiger partial charge in [0.2, 0.25) is 0 Å². The summed E-state index contributed by atoms with van der Waals surface area (Å²) in [5, 5.41) is 0. The molecule has 0 bridgehead atoms. The fourth-order valence-electron chi connectivity index (χ4n) is 2.56. The summed E-state index contributed by atoms with van der Waals surface area (Å²) in [6, 6.07) is 5.49. The maximum atomic E-state index is 12.7. The Morgan fingerprint density at radius 1 is 1.09 bits per heavy atom. The Kier molecular flexibility index (Phi) is 4.39. The molecule has 22 heavy (non-hydrogen) atoms. The fraction of sp³-hybridized carbons (Fsp3) is 0.375. The molecule has 0 radical (unpaired) electrons. The lowest BCUT2D eigenvalue weighted by atomic mass is 10.2. The molecule has 1 aliphatic heterocycles. The van der Waals surface area contributed by atoms with Crippen molar-refractivity contribution in [1.29, 1.82) is 0 Å². The minimum absolute atomic E-state index is 0.00556. The molecule has 1 fully saturated rings. The maximum absolute atomic E-state index is 12.7. The van der Waals surface area contributed by atoms with E-state index >= 15 is 0 Å². The summed E-state index contributed by atoms with van der Waals surface area (Å²) >= 11 is 0. The second kappa shape index (κ2) is 6.62. The molecule has 0 atom stereocenters. The highest BCUT2D eigenvalue weighted by Crippen LogP contribution is 2.16. The van der Waals surface area contributed by atoms with Crippen molar-refractivity contribution in [3.8, 4) is 11.3 Å². The van der Waals surface area contributed by atoms with Gasteiger partial charge in [-0.05, 0) is 32.1 Å². The van der Waals surface area contributed by atoms with Gasteiger partial charge in [-0.25, -0.2) is 15.0 Å². The van der Waals surface area contributed by atoms with Crippen LogP contribution >= 0.6 is 0 Å². The molecule has 0 spiro atoms. The molecule has 6 heteroatoms. The molecule has 2 aromatic rings. The summed E-state index contributed by atoms with van der Waals surface area (Å²) in [6.07, 6.45) is 5.87. The molecule has 1 aliphatic rings. The molecular formula is C16H19N5O. The van der Waals surface area contributed by atoms with Gasteiger partial charge in [-0.3, -0.25) is 4.79 Å². The second-order valence-electron chi connectivity index (χ2n) is 5.48. The van der Waals surface area contributed by atoms with Gasteiger partial charge in [0, 0.05) is 37.6 Å². The van der Waals surface area contributed by atoms with Crippen LogP contribution in [0, 0.1) is 0 Å². The highest BCUT2D eigenvalue weighted by Gasteiger charge is 2.20. The molecule has 3 heterocycles. The molecule has 0 aliphatic carbocycles. The van der Waals surface area contributed by atoms with Crippen molar-refractivity contribution in [3.63, 3.8) is 0 Å². The van der Waals surface area contributed by atoms with E-state index in [1.54, 1.807) is 18.5 Å². The molecule has 0 N–H and O–H groups in total. The third kappa shape index (κ3) is 3.28. The third-order valence-electron chi connectivity index (χ3n) is 3.83. The predicted octanol–water partition coefficient (Wildman–Crippen LogP) is 1.32. The SMILES string of the molecule is CN1CCCN(C(=O)c2cccc(-c3cncnc3)n2)CC1. The molecule has 1 amide bonds. The van der Waals surface area contributed by atoms with Crippen LogP contribution in [-0.4, -0.2) is 63.9 Å². The number of carbonyl (C=O) groups is 1. The number of nitrogens with zero attached hydrogens (tertiary/aromatic N) is 5. The van der Waals surface area contributed by atoms with Crippen LogP contribution in [0.3, 0.4) is 0 Å². The summed E-state index contributed by atoms with van der Waals surface area (Å²) in [4.78, 5) is 29.3. The quantitative estimate of drug-likeness (QED) is 0.836. The maximum Gasteiger partial charge on any atom is 0.272 e. The third-order valence-corrected chi connectivity index (χ3v) is 3.83. The van der Waals surface area contributed by atoms with Crippen molar-refractivity contribution >= 4 is 5.91 Å². The van der Waals surface area contributed by atoms with E-state index in [9.17, 15) is 4.79 Å². The van der Waals surface area contributed by atoms with Gasteiger partial charge in [0.25, 0.3) is 5.91 Å². The van der Waals surface area contributed by atoms with Gasteiger partial charge >= 0.3 is 0 Å². The van der Waals surface area contributed by atoms with Gasteiger partial charge in [-0.2, -0.15) is 0 Å². The lowest BCUT2D eigenvalue weighted by molar-refractivity contribution is 0.0757. The normalized spacial score (nSPS) is 16.3. The Bertz CT molecular complexity index is 646. The molecule has 0 aromatic carbocycles. The van der Waals surface area contributed by atoms with E-state index in [1.807, 2.05) is 17.0 Å².